The van der Waals surface area contributed by atoms with E-state index in [0.29, 0.717) is 5.16 Å². The maximum atomic E-state index is 13.3. The summed E-state index contributed by atoms with van der Waals surface area (Å²) < 4.78 is 13.3. The van der Waals surface area contributed by atoms with E-state index in [2.05, 4.69) is 15.3 Å². The summed E-state index contributed by atoms with van der Waals surface area (Å²) in [7, 11) is 0. The van der Waals surface area contributed by atoms with Crippen LogP contribution in [-0.2, 0) is 4.79 Å². The van der Waals surface area contributed by atoms with Gasteiger partial charge in [0.15, 0.2) is 5.16 Å². The first-order valence-corrected chi connectivity index (χ1v) is 6.60. The van der Waals surface area contributed by atoms with Crippen molar-refractivity contribution in [1.82, 2.24) is 9.97 Å². The molecule has 2 aromatic rings. The molecule has 0 atom stereocenters. The molecule has 20 heavy (non-hydrogen) atoms. The minimum Gasteiger partial charge on any atom is -0.383 e. The number of aromatic nitrogens is 2. The number of nitrogens with two attached hydrogens (primary N) is 2. The van der Waals surface area contributed by atoms with Crippen molar-refractivity contribution in [3.05, 3.63) is 36.1 Å². The lowest BCUT2D eigenvalue weighted by molar-refractivity contribution is -0.113. The van der Waals surface area contributed by atoms with Crippen LogP contribution in [0.15, 0.2) is 35.5 Å². The molecule has 0 aliphatic rings. The molecule has 0 spiro atoms. The summed E-state index contributed by atoms with van der Waals surface area (Å²) >= 11 is 1.07. The minimum atomic E-state index is -0.490. The van der Waals surface area contributed by atoms with Crippen LogP contribution in [0.2, 0.25) is 0 Å². The van der Waals surface area contributed by atoms with E-state index >= 15 is 0 Å². The first kappa shape index (κ1) is 14.1. The Morgan fingerprint density at radius 3 is 2.55 bits per heavy atom. The highest BCUT2D eigenvalue weighted by molar-refractivity contribution is 7.99. The van der Waals surface area contributed by atoms with E-state index in [1.807, 2.05) is 0 Å². The molecule has 0 radical (unpaired) electrons. The van der Waals surface area contributed by atoms with Gasteiger partial charge >= 0.3 is 0 Å². The number of nitrogens with zero attached hydrogens (tertiary/aromatic N) is 2. The molecule has 0 aliphatic carbocycles. The molecule has 1 aromatic carbocycles. The minimum absolute atomic E-state index is 0.0250. The van der Waals surface area contributed by atoms with Gasteiger partial charge in [-0.2, -0.15) is 0 Å². The van der Waals surface area contributed by atoms with Crippen LogP contribution in [0.3, 0.4) is 0 Å². The lowest BCUT2D eigenvalue weighted by Gasteiger charge is -2.06. The monoisotopic (exact) mass is 293 g/mol. The van der Waals surface area contributed by atoms with Crippen LogP contribution >= 0.6 is 11.8 Å². The van der Waals surface area contributed by atoms with Crippen molar-refractivity contribution in [3.8, 4) is 0 Å². The summed E-state index contributed by atoms with van der Waals surface area (Å²) in [6.07, 6.45) is 0. The van der Waals surface area contributed by atoms with Gasteiger partial charge in [-0.1, -0.05) is 23.9 Å². The molecular weight excluding hydrogens is 281 g/mol. The van der Waals surface area contributed by atoms with E-state index in [9.17, 15) is 9.18 Å². The van der Waals surface area contributed by atoms with Gasteiger partial charge in [-0.15, -0.1) is 0 Å². The smallest absolute Gasteiger partial charge is 0.234 e. The summed E-state index contributed by atoms with van der Waals surface area (Å²) in [5.74, 6) is -0.374. The quantitative estimate of drug-likeness (QED) is 0.582. The third-order valence-corrected chi connectivity index (χ3v) is 3.07. The number of para-hydroxylation sites is 1. The lowest BCUT2D eigenvalue weighted by Crippen LogP contribution is -2.15. The fourth-order valence-electron chi connectivity index (χ4n) is 1.41. The number of anilines is 3. The molecule has 0 saturated carbocycles. The molecule has 6 nitrogen and oxygen atoms in total. The van der Waals surface area contributed by atoms with Gasteiger partial charge in [0.1, 0.15) is 17.5 Å². The molecule has 0 fully saturated rings. The topological polar surface area (TPSA) is 107 Å². The van der Waals surface area contributed by atoms with Crippen LogP contribution in [0.5, 0.6) is 0 Å². The van der Waals surface area contributed by atoms with Gasteiger partial charge in [0, 0.05) is 6.07 Å². The predicted molar refractivity (Wildman–Crippen MR) is 76.6 cm³/mol. The Kier molecular flexibility index (Phi) is 4.36. The number of rotatable bonds is 4. The summed E-state index contributed by atoms with van der Waals surface area (Å²) in [4.78, 5) is 19.5. The number of nitrogen functional groups attached to an aromatic ring is 2. The molecule has 8 heteroatoms. The molecule has 1 heterocycles. The summed E-state index contributed by atoms with van der Waals surface area (Å²) in [5, 5.41) is 2.75. The molecular formula is C12H12FN5OS. The summed E-state index contributed by atoms with van der Waals surface area (Å²) in [6.45, 7) is 0. The SMILES string of the molecule is Nc1cc(N)nc(SCC(=O)Nc2ccccc2F)n1. The number of nitrogens with one attached hydrogen (secondary N) is 1. The second-order valence-corrected chi connectivity index (χ2v) is 4.76. The van der Waals surface area contributed by atoms with Gasteiger partial charge in [0.05, 0.1) is 11.4 Å². The zero-order valence-corrected chi connectivity index (χ0v) is 11.2. The van der Waals surface area contributed by atoms with Crippen molar-refractivity contribution in [3.63, 3.8) is 0 Å². The molecule has 1 aromatic heterocycles. The number of hydrogen-bond donors (Lipinski definition) is 3. The predicted octanol–water partition coefficient (Wildman–Crippen LogP) is 1.51. The number of amides is 1. The molecule has 5 N–H and O–H groups in total. The molecule has 0 saturated heterocycles. The maximum Gasteiger partial charge on any atom is 0.234 e. The molecule has 0 aliphatic heterocycles. The van der Waals surface area contributed by atoms with Crippen molar-refractivity contribution in [2.24, 2.45) is 0 Å². The molecule has 0 unspecified atom stereocenters. The Morgan fingerprint density at radius 2 is 1.90 bits per heavy atom. The average Bonchev–Trinajstić information content (AvgIpc) is 2.38. The van der Waals surface area contributed by atoms with Gasteiger partial charge in [-0.3, -0.25) is 4.79 Å². The molecule has 0 bridgehead atoms. The van der Waals surface area contributed by atoms with E-state index in [1.54, 1.807) is 12.1 Å². The van der Waals surface area contributed by atoms with Gasteiger partial charge in [0.25, 0.3) is 0 Å². The maximum absolute atomic E-state index is 13.3. The Labute approximate surface area is 118 Å². The van der Waals surface area contributed by atoms with Gasteiger partial charge in [0.2, 0.25) is 5.91 Å². The Bertz CT molecular complexity index is 617. The van der Waals surface area contributed by atoms with Gasteiger partial charge in [-0.25, -0.2) is 14.4 Å². The van der Waals surface area contributed by atoms with E-state index in [-0.39, 0.29) is 29.0 Å². The summed E-state index contributed by atoms with van der Waals surface area (Å²) in [6, 6.07) is 7.34. The number of carbonyl (C=O) groups is 1. The Morgan fingerprint density at radius 1 is 1.25 bits per heavy atom. The number of halogens is 1. The fraction of sp³-hybridized carbons (Fsp3) is 0.0833. The molecule has 2 rings (SSSR count). The zero-order chi connectivity index (χ0) is 14.5. The number of benzene rings is 1. The van der Waals surface area contributed by atoms with Crippen molar-refractivity contribution < 1.29 is 9.18 Å². The van der Waals surface area contributed by atoms with E-state index in [1.165, 1.54) is 18.2 Å². The average molecular weight is 293 g/mol. The normalized spacial score (nSPS) is 10.2. The number of hydrogen-bond acceptors (Lipinski definition) is 6. The van der Waals surface area contributed by atoms with Crippen LogP contribution in [0.4, 0.5) is 21.7 Å². The van der Waals surface area contributed by atoms with Crippen LogP contribution in [0, 0.1) is 5.82 Å². The van der Waals surface area contributed by atoms with Gasteiger partial charge < -0.3 is 16.8 Å². The van der Waals surface area contributed by atoms with Crippen molar-refractivity contribution in [2.75, 3.05) is 22.5 Å². The molecule has 1 amide bonds. The zero-order valence-electron chi connectivity index (χ0n) is 10.3. The van der Waals surface area contributed by atoms with Gasteiger partial charge in [-0.05, 0) is 12.1 Å². The molecule has 104 valence electrons. The van der Waals surface area contributed by atoms with E-state index in [0.717, 1.165) is 11.8 Å². The van der Waals surface area contributed by atoms with Crippen molar-refractivity contribution >= 4 is 35.0 Å². The van der Waals surface area contributed by atoms with E-state index < -0.39 is 5.82 Å². The second-order valence-electron chi connectivity index (χ2n) is 3.82. The third kappa shape index (κ3) is 3.82. The first-order valence-electron chi connectivity index (χ1n) is 5.62. The number of carbonyl (C=O) groups excluding carboxylic acids is 1. The Balaban J connectivity index is 1.94. The van der Waals surface area contributed by atoms with E-state index in [4.69, 9.17) is 11.5 Å². The number of thioether (sulfide) groups is 1. The van der Waals surface area contributed by atoms with Crippen molar-refractivity contribution in [1.29, 1.82) is 0 Å². The standard InChI is InChI=1S/C12H12FN5OS/c13-7-3-1-2-4-8(7)16-11(19)6-20-12-17-9(14)5-10(15)18-12/h1-5H,6H2,(H,16,19)(H4,14,15,17,18). The second kappa shape index (κ2) is 6.20. The fourth-order valence-corrected chi connectivity index (χ4v) is 2.08. The van der Waals surface area contributed by atoms with Crippen LogP contribution in [-0.4, -0.2) is 21.6 Å². The summed E-state index contributed by atoms with van der Waals surface area (Å²) in [5.41, 5.74) is 11.2. The van der Waals surface area contributed by atoms with Crippen LogP contribution in [0.1, 0.15) is 0 Å². The van der Waals surface area contributed by atoms with Crippen LogP contribution in [0.25, 0.3) is 0 Å². The lowest BCUT2D eigenvalue weighted by atomic mass is 10.3. The highest BCUT2D eigenvalue weighted by Gasteiger charge is 2.09. The van der Waals surface area contributed by atoms with Crippen molar-refractivity contribution in [2.45, 2.75) is 5.16 Å². The third-order valence-electron chi connectivity index (χ3n) is 2.23. The first-order chi connectivity index (χ1) is 9.54. The largest absolute Gasteiger partial charge is 0.383 e. The Hall–Kier alpha value is -2.35. The van der Waals surface area contributed by atoms with Crippen LogP contribution < -0.4 is 16.8 Å². The highest BCUT2D eigenvalue weighted by Crippen LogP contribution is 2.17. The highest BCUT2D eigenvalue weighted by atomic mass is 32.2.